The van der Waals surface area contributed by atoms with Crippen LogP contribution in [-0.2, 0) is 4.57 Å². The minimum Gasteiger partial charge on any atom is -0.309 e. The molecule has 8 rings (SSSR count). The van der Waals surface area contributed by atoms with Crippen molar-refractivity contribution in [1.82, 2.24) is 0 Å². The Morgan fingerprint density at radius 1 is 0.375 bits per heavy atom. The Labute approximate surface area is 233 Å². The summed E-state index contributed by atoms with van der Waals surface area (Å²) >= 11 is 0. The highest BCUT2D eigenvalue weighted by molar-refractivity contribution is 7.85. The van der Waals surface area contributed by atoms with Gasteiger partial charge in [0.15, 0.2) is 7.14 Å². The molecule has 0 bridgehead atoms. The van der Waals surface area contributed by atoms with Crippen LogP contribution in [-0.4, -0.2) is 0 Å². The molecule has 0 radical (unpaired) electrons. The largest absolute Gasteiger partial charge is 0.309 e. The average molecular weight is 529 g/mol. The highest BCUT2D eigenvalue weighted by atomic mass is 31.2. The number of hydrogen-bond acceptors (Lipinski definition) is 1. The fourth-order valence-electron chi connectivity index (χ4n) is 6.37. The first-order valence-corrected chi connectivity index (χ1v) is 15.3. The van der Waals surface area contributed by atoms with Crippen LogP contribution in [0, 0.1) is 0 Å². The average Bonchev–Trinajstić information content (AvgIpc) is 3.35. The first kappa shape index (κ1) is 23.2. The highest BCUT2D eigenvalue weighted by Crippen LogP contribution is 2.50. The normalized spacial score (nSPS) is 12.1. The van der Waals surface area contributed by atoms with Crippen LogP contribution >= 0.6 is 7.14 Å². The molecule has 0 saturated carbocycles. The second-order valence-corrected chi connectivity index (χ2v) is 13.2. The van der Waals surface area contributed by atoms with Gasteiger partial charge in [0.2, 0.25) is 0 Å². The van der Waals surface area contributed by atoms with Crippen LogP contribution in [0.2, 0.25) is 0 Å². The van der Waals surface area contributed by atoms with Crippen molar-refractivity contribution in [3.63, 3.8) is 0 Å². The van der Waals surface area contributed by atoms with Crippen molar-refractivity contribution in [2.24, 2.45) is 0 Å². The monoisotopic (exact) mass is 528 g/mol. The van der Waals surface area contributed by atoms with Gasteiger partial charge in [-0.25, -0.2) is 0 Å². The Morgan fingerprint density at radius 2 is 0.975 bits per heavy atom. The van der Waals surface area contributed by atoms with Crippen LogP contribution in [0.3, 0.4) is 0 Å². The van der Waals surface area contributed by atoms with E-state index >= 15 is 0 Å². The van der Waals surface area contributed by atoms with Crippen molar-refractivity contribution in [2.75, 3.05) is 0 Å². The molecule has 1 aliphatic rings. The van der Waals surface area contributed by atoms with Gasteiger partial charge in [-0.1, -0.05) is 140 Å². The van der Waals surface area contributed by atoms with Crippen molar-refractivity contribution >= 4 is 44.6 Å². The van der Waals surface area contributed by atoms with Crippen LogP contribution in [0.5, 0.6) is 0 Å². The predicted octanol–water partition coefficient (Wildman–Crippen LogP) is 8.95. The molecule has 1 aliphatic carbocycles. The van der Waals surface area contributed by atoms with Gasteiger partial charge in [-0.2, -0.15) is 0 Å². The van der Waals surface area contributed by atoms with Gasteiger partial charge in [0.05, 0.1) is 0 Å². The van der Waals surface area contributed by atoms with Gasteiger partial charge in [0.1, 0.15) is 0 Å². The van der Waals surface area contributed by atoms with Crippen molar-refractivity contribution in [3.05, 3.63) is 152 Å². The van der Waals surface area contributed by atoms with E-state index in [1.807, 2.05) is 72.8 Å². The van der Waals surface area contributed by atoms with E-state index in [-0.39, 0.29) is 0 Å². The second-order valence-electron chi connectivity index (χ2n) is 10.5. The summed E-state index contributed by atoms with van der Waals surface area (Å²) in [6, 6.07) is 52.5. The van der Waals surface area contributed by atoms with Gasteiger partial charge in [0.25, 0.3) is 0 Å². The molecule has 0 heterocycles. The van der Waals surface area contributed by atoms with E-state index in [0.29, 0.717) is 0 Å². The Hall–Kier alpha value is -4.71. The number of fused-ring (bicyclic) bond motifs is 5. The molecule has 0 atom stereocenters. The maximum absolute atomic E-state index is 14.8. The minimum absolute atomic E-state index is 0.846. The van der Waals surface area contributed by atoms with E-state index in [0.717, 1.165) is 27.0 Å². The molecule has 0 aliphatic heterocycles. The predicted molar refractivity (Wildman–Crippen MR) is 171 cm³/mol. The summed E-state index contributed by atoms with van der Waals surface area (Å²) in [5.74, 6) is 0. The zero-order chi connectivity index (χ0) is 26.7. The standard InChI is InChI=1S/C38H25OP/c39-40(29-11-3-1-4-12-29,30-13-5-2-6-14-30)31-21-18-26(19-22-31)27-20-23-33-36(24-27)35-17-9-16-34-32-15-8-7-10-28(32)25-37(33)38(34)35/h1-25H. The maximum Gasteiger partial charge on any atom is 0.171 e. The van der Waals surface area contributed by atoms with Gasteiger partial charge in [-0.15, -0.1) is 0 Å². The van der Waals surface area contributed by atoms with Crippen molar-refractivity contribution in [2.45, 2.75) is 0 Å². The van der Waals surface area contributed by atoms with Crippen molar-refractivity contribution < 1.29 is 4.57 Å². The SMILES string of the molecule is O=P(c1ccccc1)(c1ccccc1)c1ccc(-c2ccc3c(c2)-c2cccc4c2c-3cc2ccccc24)cc1. The van der Waals surface area contributed by atoms with Crippen LogP contribution in [0.15, 0.2) is 152 Å². The Morgan fingerprint density at radius 3 is 1.70 bits per heavy atom. The van der Waals surface area contributed by atoms with E-state index in [1.165, 1.54) is 43.8 Å². The molecule has 0 spiro atoms. The first-order valence-electron chi connectivity index (χ1n) is 13.6. The van der Waals surface area contributed by atoms with Gasteiger partial charge in [0, 0.05) is 15.9 Å². The third kappa shape index (κ3) is 3.38. The molecule has 7 aromatic rings. The lowest BCUT2D eigenvalue weighted by Crippen LogP contribution is -2.24. The van der Waals surface area contributed by atoms with E-state index in [1.54, 1.807) is 0 Å². The van der Waals surface area contributed by atoms with Gasteiger partial charge in [-0.05, 0) is 67.1 Å². The number of rotatable bonds is 4. The van der Waals surface area contributed by atoms with Crippen LogP contribution in [0.25, 0.3) is 54.9 Å². The molecule has 0 fully saturated rings. The highest BCUT2D eigenvalue weighted by Gasteiger charge is 2.29. The Bertz CT molecular complexity index is 2070. The molecular weight excluding hydrogens is 503 g/mol. The van der Waals surface area contributed by atoms with E-state index in [2.05, 4.69) is 78.9 Å². The van der Waals surface area contributed by atoms with Gasteiger partial charge < -0.3 is 4.57 Å². The zero-order valence-electron chi connectivity index (χ0n) is 21.8. The molecule has 188 valence electrons. The Balaban J connectivity index is 1.24. The summed E-state index contributed by atoms with van der Waals surface area (Å²) in [5.41, 5.74) is 7.45. The summed E-state index contributed by atoms with van der Waals surface area (Å²) in [6.45, 7) is 0. The van der Waals surface area contributed by atoms with E-state index in [4.69, 9.17) is 0 Å². The first-order chi connectivity index (χ1) is 19.7. The zero-order valence-corrected chi connectivity index (χ0v) is 22.7. The van der Waals surface area contributed by atoms with E-state index < -0.39 is 7.14 Å². The third-order valence-corrected chi connectivity index (χ3v) is 11.4. The van der Waals surface area contributed by atoms with Gasteiger partial charge in [-0.3, -0.25) is 0 Å². The molecule has 0 saturated heterocycles. The molecule has 0 unspecified atom stereocenters. The second kappa shape index (κ2) is 8.91. The van der Waals surface area contributed by atoms with Gasteiger partial charge >= 0.3 is 0 Å². The molecule has 0 N–H and O–H groups in total. The lowest BCUT2D eigenvalue weighted by molar-refractivity contribution is 0.592. The Kier molecular flexibility index (Phi) is 5.17. The molecule has 7 aromatic carbocycles. The number of hydrogen-bond donors (Lipinski definition) is 0. The third-order valence-electron chi connectivity index (χ3n) is 8.29. The summed E-state index contributed by atoms with van der Waals surface area (Å²) < 4.78 is 14.8. The molecular formula is C38H25OP. The molecule has 0 amide bonds. The quantitative estimate of drug-likeness (QED) is 0.165. The molecule has 2 heteroatoms. The van der Waals surface area contributed by atoms with Crippen molar-refractivity contribution in [1.29, 1.82) is 0 Å². The summed E-state index contributed by atoms with van der Waals surface area (Å²) in [6.07, 6.45) is 0. The molecule has 0 aromatic heterocycles. The van der Waals surface area contributed by atoms with Crippen LogP contribution in [0.4, 0.5) is 0 Å². The molecule has 1 nitrogen and oxygen atoms in total. The minimum atomic E-state index is -2.99. The topological polar surface area (TPSA) is 17.1 Å². The fraction of sp³-hybridized carbons (Fsp3) is 0. The van der Waals surface area contributed by atoms with Crippen LogP contribution in [0.1, 0.15) is 0 Å². The summed E-state index contributed by atoms with van der Waals surface area (Å²) in [7, 11) is -2.99. The smallest absolute Gasteiger partial charge is 0.171 e. The fourth-order valence-corrected chi connectivity index (χ4v) is 9.02. The maximum atomic E-state index is 14.8. The summed E-state index contributed by atoms with van der Waals surface area (Å²) in [5, 5.41) is 7.78. The molecule has 40 heavy (non-hydrogen) atoms. The number of benzene rings is 7. The summed E-state index contributed by atoms with van der Waals surface area (Å²) in [4.78, 5) is 0. The lowest BCUT2D eigenvalue weighted by atomic mass is 9.96. The van der Waals surface area contributed by atoms with Crippen LogP contribution < -0.4 is 15.9 Å². The lowest BCUT2D eigenvalue weighted by Gasteiger charge is -2.20. The van der Waals surface area contributed by atoms with Crippen molar-refractivity contribution in [3.8, 4) is 33.4 Å². The van der Waals surface area contributed by atoms with E-state index in [9.17, 15) is 4.57 Å².